The molecule has 2 N–H and O–H groups in total. The molecule has 178 valence electrons. The molecule has 2 unspecified atom stereocenters. The van der Waals surface area contributed by atoms with E-state index in [9.17, 15) is 19.5 Å². The molecule has 2 aromatic rings. The van der Waals surface area contributed by atoms with E-state index in [0.29, 0.717) is 19.4 Å². The third-order valence-electron chi connectivity index (χ3n) is 7.13. The zero-order valence-corrected chi connectivity index (χ0v) is 19.3. The molecule has 0 saturated carbocycles. The van der Waals surface area contributed by atoms with E-state index < -0.39 is 23.5 Å². The van der Waals surface area contributed by atoms with Gasteiger partial charge in [0, 0.05) is 19.0 Å². The van der Waals surface area contributed by atoms with Crippen molar-refractivity contribution >= 4 is 18.0 Å². The molecule has 0 spiro atoms. The van der Waals surface area contributed by atoms with Crippen LogP contribution in [0.1, 0.15) is 43.2 Å². The summed E-state index contributed by atoms with van der Waals surface area (Å²) < 4.78 is 5.58. The molecular formula is C27H30N2O5. The molecule has 7 nitrogen and oxygen atoms in total. The van der Waals surface area contributed by atoms with Gasteiger partial charge in [0.1, 0.15) is 12.6 Å². The lowest BCUT2D eigenvalue weighted by Gasteiger charge is -2.26. The molecule has 34 heavy (non-hydrogen) atoms. The minimum absolute atomic E-state index is 0.0778. The standard InChI is InChI=1S/C27H30N2O5/c1-3-9-23(24(30)29-15-14-27(4-2,17-29)25(31)32)28-26(33)34-16-22-20-12-7-5-10-18(20)19-11-6-8-13-21(19)22/h3,5-8,10-13,22-23H,1,4,9,14-17H2,2H3,(H,28,33)(H,31,32). The van der Waals surface area contributed by atoms with E-state index in [1.54, 1.807) is 6.08 Å². The van der Waals surface area contributed by atoms with Crippen LogP contribution in [0.2, 0.25) is 0 Å². The van der Waals surface area contributed by atoms with Gasteiger partial charge in [-0.25, -0.2) is 4.79 Å². The summed E-state index contributed by atoms with van der Waals surface area (Å²) in [5.41, 5.74) is 3.56. The Kier molecular flexibility index (Phi) is 6.72. The van der Waals surface area contributed by atoms with Crippen LogP contribution in [0.15, 0.2) is 61.2 Å². The highest BCUT2D eigenvalue weighted by Crippen LogP contribution is 2.44. The summed E-state index contributed by atoms with van der Waals surface area (Å²) in [7, 11) is 0. The average Bonchev–Trinajstić information content (AvgIpc) is 3.43. The zero-order chi connectivity index (χ0) is 24.3. The largest absolute Gasteiger partial charge is 0.481 e. The highest BCUT2D eigenvalue weighted by Gasteiger charge is 2.45. The van der Waals surface area contributed by atoms with Crippen LogP contribution in [-0.2, 0) is 14.3 Å². The molecule has 1 aliphatic heterocycles. The molecule has 0 bridgehead atoms. The number of likely N-dealkylation sites (tertiary alicyclic amines) is 1. The Morgan fingerprint density at radius 1 is 1.18 bits per heavy atom. The molecule has 1 fully saturated rings. The molecule has 0 radical (unpaired) electrons. The third-order valence-corrected chi connectivity index (χ3v) is 7.13. The Morgan fingerprint density at radius 3 is 2.32 bits per heavy atom. The van der Waals surface area contributed by atoms with E-state index in [1.807, 2.05) is 43.3 Å². The smallest absolute Gasteiger partial charge is 0.407 e. The number of ether oxygens (including phenoxy) is 1. The predicted molar refractivity (Wildman–Crippen MR) is 128 cm³/mol. The number of alkyl carbamates (subject to hydrolysis) is 1. The number of carbonyl (C=O) groups is 3. The van der Waals surface area contributed by atoms with E-state index in [2.05, 4.69) is 24.0 Å². The van der Waals surface area contributed by atoms with Gasteiger partial charge in [0.15, 0.2) is 0 Å². The fourth-order valence-electron chi connectivity index (χ4n) is 5.07. The second-order valence-corrected chi connectivity index (χ2v) is 9.00. The number of carboxylic acids is 1. The lowest BCUT2D eigenvalue weighted by molar-refractivity contribution is -0.148. The van der Waals surface area contributed by atoms with Gasteiger partial charge in [0.2, 0.25) is 5.91 Å². The van der Waals surface area contributed by atoms with Gasteiger partial charge in [0.25, 0.3) is 0 Å². The number of amides is 2. The first-order valence-electron chi connectivity index (χ1n) is 11.6. The molecule has 4 rings (SSSR count). The van der Waals surface area contributed by atoms with Gasteiger partial charge < -0.3 is 20.1 Å². The normalized spacial score (nSPS) is 19.7. The highest BCUT2D eigenvalue weighted by atomic mass is 16.5. The Hall–Kier alpha value is -3.61. The quantitative estimate of drug-likeness (QED) is 0.574. The number of hydrogen-bond donors (Lipinski definition) is 2. The number of nitrogens with zero attached hydrogens (tertiary/aromatic N) is 1. The van der Waals surface area contributed by atoms with Crippen LogP contribution >= 0.6 is 0 Å². The Balaban J connectivity index is 1.41. The minimum Gasteiger partial charge on any atom is -0.481 e. The topological polar surface area (TPSA) is 95.9 Å². The van der Waals surface area contributed by atoms with E-state index >= 15 is 0 Å². The van der Waals surface area contributed by atoms with E-state index in [-0.39, 0.29) is 31.4 Å². The first-order chi connectivity index (χ1) is 16.4. The summed E-state index contributed by atoms with van der Waals surface area (Å²) in [6.45, 7) is 6.14. The summed E-state index contributed by atoms with van der Waals surface area (Å²) in [6.07, 6.45) is 1.95. The molecule has 0 aromatic heterocycles. The maximum atomic E-state index is 13.1. The first kappa shape index (κ1) is 23.5. The zero-order valence-electron chi connectivity index (χ0n) is 19.3. The van der Waals surface area contributed by atoms with E-state index in [1.165, 1.54) is 4.90 Å². The van der Waals surface area contributed by atoms with Crippen molar-refractivity contribution in [2.45, 2.75) is 38.1 Å². The van der Waals surface area contributed by atoms with E-state index in [4.69, 9.17) is 4.74 Å². The van der Waals surface area contributed by atoms with Gasteiger partial charge >= 0.3 is 12.1 Å². The fourth-order valence-corrected chi connectivity index (χ4v) is 5.07. The van der Waals surface area contributed by atoms with Crippen molar-refractivity contribution < 1.29 is 24.2 Å². The van der Waals surface area contributed by atoms with Gasteiger partial charge in [-0.15, -0.1) is 6.58 Å². The predicted octanol–water partition coefficient (Wildman–Crippen LogP) is 4.18. The van der Waals surface area contributed by atoms with Crippen LogP contribution in [0.4, 0.5) is 4.79 Å². The van der Waals surface area contributed by atoms with Gasteiger partial charge in [-0.3, -0.25) is 9.59 Å². The summed E-state index contributed by atoms with van der Waals surface area (Å²) in [4.78, 5) is 39.0. The number of rotatable bonds is 8. The van der Waals surface area contributed by atoms with Crippen molar-refractivity contribution in [3.8, 4) is 11.1 Å². The molecule has 1 aliphatic carbocycles. The molecular weight excluding hydrogens is 432 g/mol. The minimum atomic E-state index is -0.932. The van der Waals surface area contributed by atoms with Crippen LogP contribution in [0.5, 0.6) is 0 Å². The Bertz CT molecular complexity index is 1070. The van der Waals surface area contributed by atoms with Crippen molar-refractivity contribution in [3.05, 3.63) is 72.3 Å². The third kappa shape index (κ3) is 4.30. The number of nitrogens with one attached hydrogen (secondary N) is 1. The molecule has 1 heterocycles. The number of benzene rings is 2. The van der Waals surface area contributed by atoms with Crippen LogP contribution in [-0.4, -0.2) is 53.7 Å². The summed E-state index contributed by atoms with van der Waals surface area (Å²) in [6, 6.07) is 15.3. The van der Waals surface area contributed by atoms with Crippen molar-refractivity contribution in [2.75, 3.05) is 19.7 Å². The van der Waals surface area contributed by atoms with Gasteiger partial charge in [-0.05, 0) is 41.5 Å². The second-order valence-electron chi connectivity index (χ2n) is 9.00. The van der Waals surface area contributed by atoms with Crippen molar-refractivity contribution in [2.24, 2.45) is 5.41 Å². The van der Waals surface area contributed by atoms with Crippen LogP contribution in [0.25, 0.3) is 11.1 Å². The second kappa shape index (κ2) is 9.71. The number of aliphatic carboxylic acids is 1. The summed E-state index contributed by atoms with van der Waals surface area (Å²) in [5, 5.41) is 12.3. The van der Waals surface area contributed by atoms with Gasteiger partial charge in [0.05, 0.1) is 5.41 Å². The summed E-state index contributed by atoms with van der Waals surface area (Å²) >= 11 is 0. The number of hydrogen-bond acceptors (Lipinski definition) is 4. The molecule has 2 amide bonds. The van der Waals surface area contributed by atoms with Crippen LogP contribution in [0.3, 0.4) is 0 Å². The number of carbonyl (C=O) groups excluding carboxylic acids is 2. The SMILES string of the molecule is C=CCC(NC(=O)OCC1c2ccccc2-c2ccccc21)C(=O)N1CCC(CC)(C(=O)O)C1. The summed E-state index contributed by atoms with van der Waals surface area (Å²) in [5.74, 6) is -1.29. The lowest BCUT2D eigenvalue weighted by Crippen LogP contribution is -2.49. The molecule has 1 saturated heterocycles. The molecule has 2 aromatic carbocycles. The van der Waals surface area contributed by atoms with Gasteiger partial charge in [-0.2, -0.15) is 0 Å². The van der Waals surface area contributed by atoms with Crippen molar-refractivity contribution in [1.82, 2.24) is 10.2 Å². The Morgan fingerprint density at radius 2 is 1.79 bits per heavy atom. The van der Waals surface area contributed by atoms with Crippen molar-refractivity contribution in [3.63, 3.8) is 0 Å². The maximum absolute atomic E-state index is 13.1. The van der Waals surface area contributed by atoms with Crippen LogP contribution in [0, 0.1) is 5.41 Å². The molecule has 2 aliphatic rings. The van der Waals surface area contributed by atoms with Crippen LogP contribution < -0.4 is 5.32 Å². The molecule has 2 atom stereocenters. The van der Waals surface area contributed by atoms with Gasteiger partial charge in [-0.1, -0.05) is 61.5 Å². The Labute approximate surface area is 199 Å². The average molecular weight is 463 g/mol. The van der Waals surface area contributed by atoms with E-state index in [0.717, 1.165) is 22.3 Å². The monoisotopic (exact) mass is 462 g/mol. The number of carboxylic acid groups (broad SMARTS) is 1. The fraction of sp³-hybridized carbons (Fsp3) is 0.370. The lowest BCUT2D eigenvalue weighted by atomic mass is 9.84. The highest BCUT2D eigenvalue weighted by molar-refractivity contribution is 5.87. The number of fused-ring (bicyclic) bond motifs is 3. The maximum Gasteiger partial charge on any atom is 0.407 e. The molecule has 7 heteroatoms. The van der Waals surface area contributed by atoms with Crippen molar-refractivity contribution in [1.29, 1.82) is 0 Å². The first-order valence-corrected chi connectivity index (χ1v) is 11.6.